The van der Waals surface area contributed by atoms with Gasteiger partial charge in [0.25, 0.3) is 0 Å². The predicted octanol–water partition coefficient (Wildman–Crippen LogP) is 1.70. The first kappa shape index (κ1) is 11.3. The third-order valence-electron chi connectivity index (χ3n) is 2.16. The van der Waals surface area contributed by atoms with Crippen LogP contribution in [0.15, 0.2) is 29.1 Å². The van der Waals surface area contributed by atoms with Gasteiger partial charge in [0.05, 0.1) is 12.5 Å². The van der Waals surface area contributed by atoms with Crippen LogP contribution in [0, 0.1) is 0 Å². The zero-order valence-electron chi connectivity index (χ0n) is 9.60. The monoisotopic (exact) mass is 233 g/mol. The normalized spacial score (nSPS) is 10.2. The summed E-state index contributed by atoms with van der Waals surface area (Å²) in [6, 6.07) is 3.71. The minimum Gasteiger partial charge on any atom is -0.472 e. The lowest BCUT2D eigenvalue weighted by molar-refractivity contribution is 0.564. The van der Waals surface area contributed by atoms with Crippen LogP contribution in [0.3, 0.4) is 0 Å². The zero-order chi connectivity index (χ0) is 12.1. The van der Waals surface area contributed by atoms with Crippen LogP contribution in [0.5, 0.6) is 0 Å². The first-order chi connectivity index (χ1) is 8.28. The molecule has 0 aliphatic rings. The minimum atomic E-state index is 0.248. The lowest BCUT2D eigenvalue weighted by Crippen LogP contribution is -2.07. The Kier molecular flexibility index (Phi) is 3.44. The molecule has 2 aromatic heterocycles. The largest absolute Gasteiger partial charge is 0.472 e. The van der Waals surface area contributed by atoms with Crippen LogP contribution in [-0.4, -0.2) is 16.5 Å². The van der Waals surface area contributed by atoms with Gasteiger partial charge >= 0.3 is 0 Å². The fraction of sp³-hybridized carbons (Fsp3) is 0.273. The average Bonchev–Trinajstić information content (AvgIpc) is 2.79. The molecule has 2 rings (SSSR count). The molecule has 17 heavy (non-hydrogen) atoms. The quantitative estimate of drug-likeness (QED) is 0.728. The van der Waals surface area contributed by atoms with Crippen molar-refractivity contribution in [2.24, 2.45) is 0 Å². The fourth-order valence-corrected chi connectivity index (χ4v) is 1.41. The summed E-state index contributed by atoms with van der Waals surface area (Å²) < 4.78 is 4.98. The van der Waals surface area contributed by atoms with Gasteiger partial charge in [-0.1, -0.05) is 0 Å². The highest BCUT2D eigenvalue weighted by Crippen LogP contribution is 2.13. The summed E-state index contributed by atoms with van der Waals surface area (Å²) >= 11 is 0. The number of nitrogens with one attached hydrogen (secondary N) is 2. The fourth-order valence-electron chi connectivity index (χ4n) is 1.41. The van der Waals surface area contributed by atoms with Crippen LogP contribution in [0.4, 0.5) is 17.6 Å². The van der Waals surface area contributed by atoms with Crippen LogP contribution in [0.1, 0.15) is 12.5 Å². The van der Waals surface area contributed by atoms with E-state index in [0.717, 1.165) is 17.9 Å². The van der Waals surface area contributed by atoms with E-state index >= 15 is 0 Å². The molecule has 0 spiro atoms. The molecule has 0 unspecified atom stereocenters. The van der Waals surface area contributed by atoms with Crippen molar-refractivity contribution < 1.29 is 4.42 Å². The van der Waals surface area contributed by atoms with Crippen LogP contribution in [0.25, 0.3) is 0 Å². The van der Waals surface area contributed by atoms with Gasteiger partial charge in [0.2, 0.25) is 5.95 Å². The molecule has 4 N–H and O–H groups in total. The molecule has 0 atom stereocenters. The molecule has 2 heterocycles. The van der Waals surface area contributed by atoms with Crippen molar-refractivity contribution in [3.05, 3.63) is 30.2 Å². The molecular weight excluding hydrogens is 218 g/mol. The van der Waals surface area contributed by atoms with Gasteiger partial charge in [0.15, 0.2) is 0 Å². The number of nitrogen functional groups attached to an aromatic ring is 1. The maximum atomic E-state index is 5.62. The van der Waals surface area contributed by atoms with Crippen LogP contribution in [-0.2, 0) is 6.54 Å². The molecule has 2 aromatic rings. The van der Waals surface area contributed by atoms with Gasteiger partial charge in [-0.25, -0.2) is 0 Å². The van der Waals surface area contributed by atoms with Gasteiger partial charge in [0.1, 0.15) is 11.6 Å². The third-order valence-corrected chi connectivity index (χ3v) is 2.16. The predicted molar refractivity (Wildman–Crippen MR) is 66.6 cm³/mol. The van der Waals surface area contributed by atoms with E-state index in [1.165, 1.54) is 0 Å². The van der Waals surface area contributed by atoms with Crippen LogP contribution >= 0.6 is 0 Å². The lowest BCUT2D eigenvalue weighted by Gasteiger charge is -2.07. The molecule has 0 radical (unpaired) electrons. The first-order valence-electron chi connectivity index (χ1n) is 5.41. The van der Waals surface area contributed by atoms with E-state index < -0.39 is 0 Å². The zero-order valence-corrected chi connectivity index (χ0v) is 9.60. The van der Waals surface area contributed by atoms with Crippen molar-refractivity contribution in [2.45, 2.75) is 13.5 Å². The molecule has 90 valence electrons. The molecule has 0 saturated carbocycles. The van der Waals surface area contributed by atoms with Crippen molar-refractivity contribution in [1.82, 2.24) is 9.97 Å². The van der Waals surface area contributed by atoms with E-state index in [0.29, 0.717) is 12.4 Å². The van der Waals surface area contributed by atoms with Gasteiger partial charge < -0.3 is 20.8 Å². The van der Waals surface area contributed by atoms with E-state index in [1.54, 1.807) is 12.5 Å². The second-order valence-electron chi connectivity index (χ2n) is 3.51. The topological polar surface area (TPSA) is 89.0 Å². The van der Waals surface area contributed by atoms with E-state index in [1.807, 2.05) is 19.1 Å². The lowest BCUT2D eigenvalue weighted by atomic mass is 10.3. The number of anilines is 3. The second-order valence-corrected chi connectivity index (χ2v) is 3.51. The molecule has 0 aromatic carbocycles. The molecular formula is C11H15N5O. The summed E-state index contributed by atoms with van der Waals surface area (Å²) in [5.41, 5.74) is 6.67. The highest BCUT2D eigenvalue weighted by atomic mass is 16.3. The van der Waals surface area contributed by atoms with Gasteiger partial charge in [-0.3, -0.25) is 0 Å². The summed E-state index contributed by atoms with van der Waals surface area (Å²) in [6.45, 7) is 3.42. The van der Waals surface area contributed by atoms with Crippen molar-refractivity contribution in [3.8, 4) is 0 Å². The smallest absolute Gasteiger partial charge is 0.223 e. The molecule has 0 aliphatic heterocycles. The Hall–Kier alpha value is -2.24. The van der Waals surface area contributed by atoms with Crippen LogP contribution in [0.2, 0.25) is 0 Å². The Labute approximate surface area is 99.3 Å². The Morgan fingerprint density at radius 1 is 1.29 bits per heavy atom. The first-order valence-corrected chi connectivity index (χ1v) is 5.41. The minimum absolute atomic E-state index is 0.248. The van der Waals surface area contributed by atoms with Gasteiger partial charge in [-0.2, -0.15) is 9.97 Å². The average molecular weight is 233 g/mol. The number of hydrogen-bond donors (Lipinski definition) is 3. The van der Waals surface area contributed by atoms with Gasteiger partial charge in [-0.05, 0) is 13.0 Å². The number of nitrogens with two attached hydrogens (primary N) is 1. The second kappa shape index (κ2) is 5.20. The summed E-state index contributed by atoms with van der Waals surface area (Å²) in [5.74, 6) is 1.66. The number of furan rings is 1. The summed E-state index contributed by atoms with van der Waals surface area (Å²) in [4.78, 5) is 8.17. The number of rotatable bonds is 5. The summed E-state index contributed by atoms with van der Waals surface area (Å²) in [6.07, 6.45) is 3.32. The van der Waals surface area contributed by atoms with Gasteiger partial charge in [0, 0.05) is 24.7 Å². The Bertz CT molecular complexity index is 469. The Morgan fingerprint density at radius 3 is 2.71 bits per heavy atom. The van der Waals surface area contributed by atoms with Gasteiger partial charge in [-0.15, -0.1) is 0 Å². The van der Waals surface area contributed by atoms with E-state index in [2.05, 4.69) is 20.6 Å². The summed E-state index contributed by atoms with van der Waals surface area (Å²) in [7, 11) is 0. The molecule has 6 nitrogen and oxygen atoms in total. The number of nitrogens with zero attached hydrogens (tertiary/aromatic N) is 2. The van der Waals surface area contributed by atoms with Crippen molar-refractivity contribution in [1.29, 1.82) is 0 Å². The van der Waals surface area contributed by atoms with Crippen LogP contribution < -0.4 is 16.4 Å². The van der Waals surface area contributed by atoms with Crippen molar-refractivity contribution in [2.75, 3.05) is 22.9 Å². The molecule has 0 amide bonds. The Morgan fingerprint density at radius 2 is 2.06 bits per heavy atom. The molecule has 0 aliphatic carbocycles. The third kappa shape index (κ3) is 3.10. The summed E-state index contributed by atoms with van der Waals surface area (Å²) in [5, 5.41) is 6.25. The molecule has 0 fully saturated rings. The highest BCUT2D eigenvalue weighted by molar-refractivity contribution is 5.51. The Balaban J connectivity index is 2.04. The maximum absolute atomic E-state index is 5.62. The highest BCUT2D eigenvalue weighted by Gasteiger charge is 2.02. The maximum Gasteiger partial charge on any atom is 0.223 e. The molecule has 6 heteroatoms. The van der Waals surface area contributed by atoms with Crippen molar-refractivity contribution >= 4 is 17.6 Å². The van der Waals surface area contributed by atoms with E-state index in [-0.39, 0.29) is 5.95 Å². The molecule has 0 bridgehead atoms. The van der Waals surface area contributed by atoms with Crippen molar-refractivity contribution in [3.63, 3.8) is 0 Å². The SMILES string of the molecule is CCNc1cc(NCc2ccoc2)nc(N)n1. The molecule has 0 saturated heterocycles. The number of aromatic nitrogens is 2. The standard InChI is InChI=1S/C11H15N5O/c1-2-13-9-5-10(16-11(12)15-9)14-6-8-3-4-17-7-8/h3-5,7H,2,6H2,1H3,(H4,12,13,14,15,16). The van der Waals surface area contributed by atoms with E-state index in [4.69, 9.17) is 10.2 Å². The van der Waals surface area contributed by atoms with E-state index in [9.17, 15) is 0 Å². The number of hydrogen-bond acceptors (Lipinski definition) is 6.